The van der Waals surface area contributed by atoms with E-state index in [2.05, 4.69) is 12.6 Å². The molecular formula is C17H22N2O4. The normalized spacial score (nSPS) is 18.0. The Hall–Kier alpha value is -2.23. The minimum Gasteiger partial charge on any atom is -0.493 e. The predicted octanol–water partition coefficient (Wildman–Crippen LogP) is 2.11. The molecule has 4 rings (SSSR count). The number of methoxy groups -OCH3 is 3. The summed E-state index contributed by atoms with van der Waals surface area (Å²) in [5.74, 6) is 1.56. The number of morpholine rings is 1. The van der Waals surface area contributed by atoms with Crippen molar-refractivity contribution in [3.05, 3.63) is 35.5 Å². The highest BCUT2D eigenvalue weighted by Gasteiger charge is 2.31. The van der Waals surface area contributed by atoms with Gasteiger partial charge in [0.2, 0.25) is 0 Å². The zero-order valence-corrected chi connectivity index (χ0v) is 13.8. The molecule has 6 nitrogen and oxygen atoms in total. The average molecular weight is 318 g/mol. The molecule has 0 amide bonds. The van der Waals surface area contributed by atoms with Crippen molar-refractivity contribution in [2.24, 2.45) is 0 Å². The molecule has 1 aromatic rings. The Morgan fingerprint density at radius 2 is 1.96 bits per heavy atom. The van der Waals surface area contributed by atoms with Gasteiger partial charge in [-0.05, 0) is 17.7 Å². The van der Waals surface area contributed by atoms with E-state index in [9.17, 15) is 0 Å². The van der Waals surface area contributed by atoms with E-state index in [0.717, 1.165) is 35.7 Å². The number of ether oxygens (including phenoxy) is 4. The number of nitrogens with zero attached hydrogens (tertiary/aromatic N) is 2. The molecule has 0 N–H and O–H groups in total. The molecule has 3 aliphatic rings. The fraction of sp³-hybridized carbons (Fsp3) is 0.471. The van der Waals surface area contributed by atoms with Gasteiger partial charge < -0.3 is 23.8 Å². The van der Waals surface area contributed by atoms with E-state index in [1.807, 2.05) is 17.0 Å². The first-order valence-electron chi connectivity index (χ1n) is 7.36. The molecule has 0 aromatic heterocycles. The first-order chi connectivity index (χ1) is 11.2. The van der Waals surface area contributed by atoms with Crippen molar-refractivity contribution in [2.75, 3.05) is 47.6 Å². The average Bonchev–Trinajstić information content (AvgIpc) is 2.61. The standard InChI is InChI=1S/C10H12O3.C7H10N2O/c1-11-8-5-6-4-7(9(6)12-2)10(8)13-3;1-7(6-8)9-2-4-10-5-3-9/h4-5,9H,1-3H3;1-5H2. The lowest BCUT2D eigenvalue weighted by Gasteiger charge is -2.29. The van der Waals surface area contributed by atoms with Crippen LogP contribution in [0.2, 0.25) is 0 Å². The Balaban J connectivity index is 0.000000174. The van der Waals surface area contributed by atoms with E-state index < -0.39 is 0 Å². The number of nitriles is 1. The maximum Gasteiger partial charge on any atom is 0.166 e. The van der Waals surface area contributed by atoms with E-state index in [-0.39, 0.29) is 6.10 Å². The van der Waals surface area contributed by atoms with Crippen LogP contribution >= 0.6 is 0 Å². The van der Waals surface area contributed by atoms with Crippen LogP contribution in [0, 0.1) is 11.3 Å². The molecule has 1 saturated heterocycles. The molecule has 1 aromatic carbocycles. The van der Waals surface area contributed by atoms with Crippen LogP contribution in [0.3, 0.4) is 0 Å². The molecule has 1 aliphatic heterocycles. The van der Waals surface area contributed by atoms with Gasteiger partial charge in [-0.2, -0.15) is 5.26 Å². The minimum absolute atomic E-state index is 0.0776. The topological polar surface area (TPSA) is 64.0 Å². The Kier molecular flexibility index (Phi) is 5.85. The molecule has 124 valence electrons. The summed E-state index contributed by atoms with van der Waals surface area (Å²) < 4.78 is 20.8. The maximum absolute atomic E-state index is 8.46. The van der Waals surface area contributed by atoms with Gasteiger partial charge in [0.1, 0.15) is 17.9 Å². The van der Waals surface area contributed by atoms with Crippen LogP contribution in [0.4, 0.5) is 0 Å². The van der Waals surface area contributed by atoms with Crippen LogP contribution in [-0.4, -0.2) is 52.5 Å². The van der Waals surface area contributed by atoms with Crippen molar-refractivity contribution in [1.29, 1.82) is 5.26 Å². The van der Waals surface area contributed by atoms with Crippen molar-refractivity contribution >= 4 is 0 Å². The SMILES string of the molecule is C=C(C#N)N1CCOCC1.COc1cc2cc(c1OC)C2OC. The fourth-order valence-electron chi connectivity index (χ4n) is 2.61. The van der Waals surface area contributed by atoms with Crippen LogP contribution < -0.4 is 9.47 Å². The summed E-state index contributed by atoms with van der Waals surface area (Å²) in [6, 6.07) is 6.01. The number of benzene rings is 1. The second-order valence-electron chi connectivity index (χ2n) is 5.12. The lowest BCUT2D eigenvalue weighted by atomic mass is 9.88. The van der Waals surface area contributed by atoms with Crippen molar-refractivity contribution < 1.29 is 18.9 Å². The van der Waals surface area contributed by atoms with Crippen molar-refractivity contribution in [3.8, 4) is 17.6 Å². The molecule has 0 spiro atoms. The molecule has 1 fully saturated rings. The zero-order valence-electron chi connectivity index (χ0n) is 13.8. The van der Waals surface area contributed by atoms with Gasteiger partial charge in [0.05, 0.1) is 27.4 Å². The summed E-state index contributed by atoms with van der Waals surface area (Å²) >= 11 is 0. The molecule has 1 heterocycles. The first-order valence-corrected chi connectivity index (χ1v) is 7.36. The van der Waals surface area contributed by atoms with Crippen LogP contribution in [0.15, 0.2) is 24.4 Å². The number of allylic oxidation sites excluding steroid dienone is 1. The van der Waals surface area contributed by atoms with E-state index in [1.165, 1.54) is 0 Å². The smallest absolute Gasteiger partial charge is 0.166 e. The molecule has 1 unspecified atom stereocenters. The zero-order chi connectivity index (χ0) is 16.8. The highest BCUT2D eigenvalue weighted by Crippen LogP contribution is 2.48. The van der Waals surface area contributed by atoms with E-state index >= 15 is 0 Å². The summed E-state index contributed by atoms with van der Waals surface area (Å²) in [7, 11) is 4.97. The van der Waals surface area contributed by atoms with Crippen LogP contribution in [0.1, 0.15) is 17.2 Å². The Morgan fingerprint density at radius 3 is 2.48 bits per heavy atom. The largest absolute Gasteiger partial charge is 0.493 e. The monoisotopic (exact) mass is 318 g/mol. The Morgan fingerprint density at radius 1 is 1.26 bits per heavy atom. The maximum atomic E-state index is 8.46. The summed E-state index contributed by atoms with van der Waals surface area (Å²) in [6.45, 7) is 6.62. The molecular weight excluding hydrogens is 296 g/mol. The molecule has 1 atom stereocenters. The van der Waals surface area contributed by atoms with Gasteiger partial charge in [0.25, 0.3) is 0 Å². The van der Waals surface area contributed by atoms with Crippen molar-refractivity contribution in [1.82, 2.24) is 4.90 Å². The third kappa shape index (κ3) is 3.58. The molecule has 2 bridgehead atoms. The number of hydrogen-bond donors (Lipinski definition) is 0. The van der Waals surface area contributed by atoms with Crippen LogP contribution in [-0.2, 0) is 9.47 Å². The highest BCUT2D eigenvalue weighted by atomic mass is 16.5. The third-order valence-electron chi connectivity index (χ3n) is 3.87. The van der Waals surface area contributed by atoms with Crippen molar-refractivity contribution in [3.63, 3.8) is 0 Å². The Labute approximate surface area is 136 Å². The summed E-state index contributed by atoms with van der Waals surface area (Å²) in [5.41, 5.74) is 2.76. The first kappa shape index (κ1) is 17.1. The van der Waals surface area contributed by atoms with Crippen LogP contribution in [0.5, 0.6) is 11.5 Å². The molecule has 0 saturated carbocycles. The second-order valence-corrected chi connectivity index (χ2v) is 5.12. The van der Waals surface area contributed by atoms with E-state index in [1.54, 1.807) is 21.3 Å². The third-order valence-corrected chi connectivity index (χ3v) is 3.87. The molecule has 0 radical (unpaired) electrons. The van der Waals surface area contributed by atoms with E-state index in [0.29, 0.717) is 18.9 Å². The van der Waals surface area contributed by atoms with Crippen molar-refractivity contribution in [2.45, 2.75) is 6.10 Å². The minimum atomic E-state index is 0.0776. The van der Waals surface area contributed by atoms with Crippen LogP contribution in [0.25, 0.3) is 0 Å². The quantitative estimate of drug-likeness (QED) is 0.792. The second kappa shape index (κ2) is 7.86. The van der Waals surface area contributed by atoms with Gasteiger partial charge in [-0.25, -0.2) is 0 Å². The predicted molar refractivity (Wildman–Crippen MR) is 85.5 cm³/mol. The van der Waals surface area contributed by atoms with Gasteiger partial charge in [-0.3, -0.25) is 0 Å². The highest BCUT2D eigenvalue weighted by molar-refractivity contribution is 5.59. The molecule has 2 aliphatic carbocycles. The fourth-order valence-corrected chi connectivity index (χ4v) is 2.61. The molecule has 6 heteroatoms. The summed E-state index contributed by atoms with van der Waals surface area (Å²) in [5, 5.41) is 8.46. The number of fused-ring (bicyclic) bond motifs is 2. The Bertz CT molecular complexity index is 603. The van der Waals surface area contributed by atoms with Gasteiger partial charge in [-0.1, -0.05) is 6.58 Å². The summed E-state index contributed by atoms with van der Waals surface area (Å²) in [6.07, 6.45) is 0.0776. The number of rotatable bonds is 4. The lowest BCUT2D eigenvalue weighted by molar-refractivity contribution is 0.0560. The van der Waals surface area contributed by atoms with E-state index in [4.69, 9.17) is 24.2 Å². The summed E-state index contributed by atoms with van der Waals surface area (Å²) in [4.78, 5) is 1.93. The van der Waals surface area contributed by atoms with Gasteiger partial charge in [0, 0.05) is 25.8 Å². The lowest BCUT2D eigenvalue weighted by Crippen LogP contribution is -2.34. The number of hydrogen-bond acceptors (Lipinski definition) is 6. The van der Waals surface area contributed by atoms with Gasteiger partial charge in [-0.15, -0.1) is 0 Å². The van der Waals surface area contributed by atoms with Gasteiger partial charge >= 0.3 is 0 Å². The molecule has 23 heavy (non-hydrogen) atoms. The van der Waals surface area contributed by atoms with Gasteiger partial charge in [0.15, 0.2) is 11.5 Å².